The number of nitrogens with two attached hydrogens (primary N) is 1. The molecule has 0 amide bonds. The van der Waals surface area contributed by atoms with E-state index in [0.717, 1.165) is 13.1 Å². The van der Waals surface area contributed by atoms with Gasteiger partial charge in [0.25, 0.3) is 0 Å². The molecule has 4 heteroatoms. The summed E-state index contributed by atoms with van der Waals surface area (Å²) < 4.78 is 0. The number of likely N-dealkylation sites (N-methyl/N-ethyl adjacent to an activating group) is 1. The Morgan fingerprint density at radius 1 is 1.50 bits per heavy atom. The molecule has 0 unspecified atom stereocenters. The first kappa shape index (κ1) is 9.74. The van der Waals surface area contributed by atoms with Gasteiger partial charge < -0.3 is 15.5 Å². The molecule has 2 N–H and O–H groups in total. The summed E-state index contributed by atoms with van der Waals surface area (Å²) in [5, 5.41) is 0.495. The van der Waals surface area contributed by atoms with Crippen LogP contribution in [-0.2, 0) is 0 Å². The molecule has 0 aromatic heterocycles. The van der Waals surface area contributed by atoms with Gasteiger partial charge in [0, 0.05) is 20.1 Å². The molecule has 0 aliphatic carbocycles. The zero-order valence-electron chi connectivity index (χ0n) is 7.62. The lowest BCUT2D eigenvalue weighted by Crippen LogP contribution is -2.37. The van der Waals surface area contributed by atoms with Crippen molar-refractivity contribution in [1.82, 2.24) is 9.80 Å². The van der Waals surface area contributed by atoms with Crippen LogP contribution in [0.2, 0.25) is 0 Å². The molecule has 0 saturated carbocycles. The molecule has 12 heavy (non-hydrogen) atoms. The van der Waals surface area contributed by atoms with Gasteiger partial charge in [0.15, 0.2) is 5.11 Å². The van der Waals surface area contributed by atoms with E-state index in [1.165, 1.54) is 25.9 Å². The molecule has 1 heterocycles. The third-order valence-electron chi connectivity index (χ3n) is 2.33. The zero-order valence-corrected chi connectivity index (χ0v) is 8.44. The van der Waals surface area contributed by atoms with E-state index < -0.39 is 0 Å². The third-order valence-corrected chi connectivity index (χ3v) is 2.64. The molecule has 3 nitrogen and oxygen atoms in total. The molecule has 0 atom stereocenters. The fourth-order valence-electron chi connectivity index (χ4n) is 1.41. The van der Waals surface area contributed by atoms with Crippen LogP contribution in [0.3, 0.4) is 0 Å². The first-order valence-corrected chi connectivity index (χ1v) is 4.84. The van der Waals surface area contributed by atoms with Crippen molar-refractivity contribution in [3.05, 3.63) is 0 Å². The Kier molecular flexibility index (Phi) is 3.75. The maximum Gasteiger partial charge on any atom is 0.166 e. The minimum absolute atomic E-state index is 0.495. The Hall–Kier alpha value is -0.350. The van der Waals surface area contributed by atoms with Crippen molar-refractivity contribution in [2.45, 2.75) is 12.8 Å². The predicted molar refractivity (Wildman–Crippen MR) is 55.1 cm³/mol. The van der Waals surface area contributed by atoms with Crippen molar-refractivity contribution in [3.63, 3.8) is 0 Å². The largest absolute Gasteiger partial charge is 0.376 e. The number of rotatable bonds is 3. The summed E-state index contributed by atoms with van der Waals surface area (Å²) in [6.45, 7) is 4.53. The van der Waals surface area contributed by atoms with Crippen molar-refractivity contribution in [3.8, 4) is 0 Å². The maximum absolute atomic E-state index is 5.46. The zero-order chi connectivity index (χ0) is 8.97. The van der Waals surface area contributed by atoms with Gasteiger partial charge in [-0.3, -0.25) is 0 Å². The van der Waals surface area contributed by atoms with E-state index in [2.05, 4.69) is 4.90 Å². The van der Waals surface area contributed by atoms with Crippen molar-refractivity contribution < 1.29 is 0 Å². The summed E-state index contributed by atoms with van der Waals surface area (Å²) >= 11 is 4.84. The van der Waals surface area contributed by atoms with Gasteiger partial charge in [-0.25, -0.2) is 0 Å². The van der Waals surface area contributed by atoms with Gasteiger partial charge >= 0.3 is 0 Å². The highest BCUT2D eigenvalue weighted by Crippen LogP contribution is 2.06. The van der Waals surface area contributed by atoms with Gasteiger partial charge in [-0.15, -0.1) is 0 Å². The van der Waals surface area contributed by atoms with E-state index in [-0.39, 0.29) is 0 Å². The van der Waals surface area contributed by atoms with Crippen LogP contribution in [0.5, 0.6) is 0 Å². The van der Waals surface area contributed by atoms with Crippen LogP contribution in [-0.4, -0.2) is 48.1 Å². The molecule has 1 rings (SSSR count). The van der Waals surface area contributed by atoms with E-state index in [1.54, 1.807) is 0 Å². The Balaban J connectivity index is 2.11. The Morgan fingerprint density at radius 3 is 2.58 bits per heavy atom. The molecule has 70 valence electrons. The lowest BCUT2D eigenvalue weighted by molar-refractivity contribution is 0.308. The van der Waals surface area contributed by atoms with Crippen LogP contribution in [0.1, 0.15) is 12.8 Å². The molecule has 0 radical (unpaired) electrons. The summed E-state index contributed by atoms with van der Waals surface area (Å²) in [4.78, 5) is 4.38. The third kappa shape index (κ3) is 2.95. The molecule has 1 fully saturated rings. The minimum Gasteiger partial charge on any atom is -0.376 e. The van der Waals surface area contributed by atoms with Crippen LogP contribution >= 0.6 is 12.2 Å². The standard InChI is InChI=1S/C8H17N3S/c1-10(8(9)12)6-7-11-4-2-3-5-11/h2-7H2,1H3,(H2,9,12). The molecule has 1 saturated heterocycles. The van der Waals surface area contributed by atoms with E-state index in [4.69, 9.17) is 18.0 Å². The quantitative estimate of drug-likeness (QED) is 0.642. The van der Waals surface area contributed by atoms with Crippen molar-refractivity contribution >= 4 is 17.3 Å². The lowest BCUT2D eigenvalue weighted by Gasteiger charge is -2.21. The number of hydrogen-bond donors (Lipinski definition) is 1. The predicted octanol–water partition coefficient (Wildman–Crippen LogP) is 0.258. The first-order valence-electron chi connectivity index (χ1n) is 4.43. The van der Waals surface area contributed by atoms with Crippen molar-refractivity contribution in [2.75, 3.05) is 33.2 Å². The smallest absolute Gasteiger partial charge is 0.166 e. The molecule has 1 aliphatic rings. The molecule has 0 aromatic rings. The summed E-state index contributed by atoms with van der Waals surface area (Å²) in [6, 6.07) is 0. The highest BCUT2D eigenvalue weighted by molar-refractivity contribution is 7.80. The Bertz CT molecular complexity index is 154. The normalized spacial score (nSPS) is 18.1. The minimum atomic E-state index is 0.495. The van der Waals surface area contributed by atoms with E-state index in [9.17, 15) is 0 Å². The van der Waals surface area contributed by atoms with Crippen LogP contribution in [0.25, 0.3) is 0 Å². The van der Waals surface area contributed by atoms with E-state index >= 15 is 0 Å². The van der Waals surface area contributed by atoms with Gasteiger partial charge in [0.2, 0.25) is 0 Å². The summed E-state index contributed by atoms with van der Waals surface area (Å²) in [5.41, 5.74) is 5.46. The topological polar surface area (TPSA) is 32.5 Å². The van der Waals surface area contributed by atoms with Crippen LogP contribution in [0.15, 0.2) is 0 Å². The monoisotopic (exact) mass is 187 g/mol. The number of nitrogens with zero attached hydrogens (tertiary/aromatic N) is 2. The van der Waals surface area contributed by atoms with Gasteiger partial charge in [-0.1, -0.05) is 0 Å². The molecule has 1 aliphatic heterocycles. The van der Waals surface area contributed by atoms with Crippen molar-refractivity contribution in [2.24, 2.45) is 5.73 Å². The fraction of sp³-hybridized carbons (Fsp3) is 0.875. The highest BCUT2D eigenvalue weighted by Gasteiger charge is 2.11. The van der Waals surface area contributed by atoms with Crippen LogP contribution in [0, 0.1) is 0 Å². The van der Waals surface area contributed by atoms with E-state index in [0.29, 0.717) is 5.11 Å². The van der Waals surface area contributed by atoms with E-state index in [1.807, 2.05) is 11.9 Å². The van der Waals surface area contributed by atoms with Gasteiger partial charge in [0.1, 0.15) is 0 Å². The average molecular weight is 187 g/mol. The molecule has 0 aromatic carbocycles. The first-order chi connectivity index (χ1) is 5.70. The number of hydrogen-bond acceptors (Lipinski definition) is 2. The van der Waals surface area contributed by atoms with Gasteiger partial charge in [-0.05, 0) is 38.1 Å². The highest BCUT2D eigenvalue weighted by atomic mass is 32.1. The van der Waals surface area contributed by atoms with Crippen molar-refractivity contribution in [1.29, 1.82) is 0 Å². The second-order valence-electron chi connectivity index (χ2n) is 3.31. The lowest BCUT2D eigenvalue weighted by atomic mass is 10.4. The van der Waals surface area contributed by atoms with Gasteiger partial charge in [-0.2, -0.15) is 0 Å². The molecular weight excluding hydrogens is 170 g/mol. The molecule has 0 spiro atoms. The van der Waals surface area contributed by atoms with Crippen LogP contribution < -0.4 is 5.73 Å². The summed E-state index contributed by atoms with van der Waals surface area (Å²) in [5.74, 6) is 0. The SMILES string of the molecule is CN(CCN1CCCC1)C(N)=S. The average Bonchev–Trinajstić information content (AvgIpc) is 2.51. The van der Waals surface area contributed by atoms with Crippen LogP contribution in [0.4, 0.5) is 0 Å². The Labute approximate surface area is 79.5 Å². The second kappa shape index (κ2) is 4.62. The summed E-state index contributed by atoms with van der Waals surface area (Å²) in [6.07, 6.45) is 2.69. The summed E-state index contributed by atoms with van der Waals surface area (Å²) in [7, 11) is 1.94. The van der Waals surface area contributed by atoms with Gasteiger partial charge in [0.05, 0.1) is 0 Å². The fourth-order valence-corrected chi connectivity index (χ4v) is 1.50. The second-order valence-corrected chi connectivity index (χ2v) is 3.73. The maximum atomic E-state index is 5.46. The number of likely N-dealkylation sites (tertiary alicyclic amines) is 1. The Morgan fingerprint density at radius 2 is 2.08 bits per heavy atom. The number of thiocarbonyl (C=S) groups is 1. The molecule has 0 bridgehead atoms. The molecular formula is C8H17N3S.